The van der Waals surface area contributed by atoms with Crippen LogP contribution in [0.25, 0.3) is 0 Å². The Labute approximate surface area is 96.1 Å². The highest BCUT2D eigenvalue weighted by Gasteiger charge is 2.08. The highest BCUT2D eigenvalue weighted by atomic mass is 35.5. The van der Waals surface area contributed by atoms with Crippen molar-refractivity contribution in [1.82, 2.24) is 5.32 Å². The van der Waals surface area contributed by atoms with Gasteiger partial charge in [0.1, 0.15) is 0 Å². The van der Waals surface area contributed by atoms with Crippen LogP contribution in [0.5, 0.6) is 0 Å². The molecule has 0 spiro atoms. The fraction of sp³-hybridized carbons (Fsp3) is 0.333. The lowest BCUT2D eigenvalue weighted by molar-refractivity contribution is 0.569. The van der Waals surface area contributed by atoms with Gasteiger partial charge in [0, 0.05) is 24.2 Å². The van der Waals surface area contributed by atoms with Crippen LogP contribution < -0.4 is 11.1 Å². The maximum Gasteiger partial charge on any atom is 0.0447 e. The molecule has 0 radical (unpaired) electrons. The molecule has 1 unspecified atom stereocenters. The third-order valence-electron chi connectivity index (χ3n) is 2.14. The number of benzene rings is 1. The highest BCUT2D eigenvalue weighted by Crippen LogP contribution is 2.17. The van der Waals surface area contributed by atoms with Crippen LogP contribution in [0.15, 0.2) is 36.4 Å². The molecule has 0 saturated heterocycles. The highest BCUT2D eigenvalue weighted by molar-refractivity contribution is 6.30. The van der Waals surface area contributed by atoms with Crippen LogP contribution in [0.2, 0.25) is 5.02 Å². The largest absolute Gasteiger partial charge is 0.329 e. The molecule has 0 heterocycles. The average molecular weight is 225 g/mol. The zero-order valence-corrected chi connectivity index (χ0v) is 9.72. The number of rotatable bonds is 5. The van der Waals surface area contributed by atoms with Crippen LogP contribution in [-0.2, 0) is 0 Å². The first-order chi connectivity index (χ1) is 7.13. The minimum atomic E-state index is 0.139. The van der Waals surface area contributed by atoms with Gasteiger partial charge in [-0.2, -0.15) is 0 Å². The third-order valence-corrected chi connectivity index (χ3v) is 2.37. The first-order valence-corrected chi connectivity index (χ1v) is 5.34. The Kier molecular flexibility index (Phi) is 4.82. The van der Waals surface area contributed by atoms with Crippen molar-refractivity contribution in [2.24, 2.45) is 5.73 Å². The van der Waals surface area contributed by atoms with Gasteiger partial charge in [0.05, 0.1) is 0 Å². The molecule has 0 aliphatic heterocycles. The van der Waals surface area contributed by atoms with Gasteiger partial charge in [-0.3, -0.25) is 0 Å². The molecule has 0 fully saturated rings. The van der Waals surface area contributed by atoms with E-state index in [0.717, 1.165) is 22.7 Å². The first-order valence-electron chi connectivity index (χ1n) is 4.96. The van der Waals surface area contributed by atoms with E-state index in [4.69, 9.17) is 17.3 Å². The molecule has 0 saturated carbocycles. The molecular weight excluding hydrogens is 208 g/mol. The van der Waals surface area contributed by atoms with Crippen molar-refractivity contribution in [2.75, 3.05) is 13.1 Å². The molecule has 0 aromatic heterocycles. The quantitative estimate of drug-likeness (QED) is 0.755. The van der Waals surface area contributed by atoms with Crippen molar-refractivity contribution < 1.29 is 0 Å². The Morgan fingerprint density at radius 1 is 1.60 bits per heavy atom. The van der Waals surface area contributed by atoms with Crippen LogP contribution in [0.1, 0.15) is 18.5 Å². The fourth-order valence-corrected chi connectivity index (χ4v) is 1.56. The zero-order chi connectivity index (χ0) is 11.3. The van der Waals surface area contributed by atoms with Gasteiger partial charge < -0.3 is 11.1 Å². The van der Waals surface area contributed by atoms with Gasteiger partial charge in [-0.05, 0) is 24.6 Å². The summed E-state index contributed by atoms with van der Waals surface area (Å²) in [4.78, 5) is 0. The molecule has 0 aliphatic rings. The van der Waals surface area contributed by atoms with Crippen molar-refractivity contribution in [3.8, 4) is 0 Å². The smallest absolute Gasteiger partial charge is 0.0447 e. The normalized spacial score (nSPS) is 12.5. The molecule has 1 rings (SSSR count). The number of nitrogens with two attached hydrogens (primary N) is 1. The summed E-state index contributed by atoms with van der Waals surface area (Å²) in [5.41, 5.74) is 7.92. The summed E-state index contributed by atoms with van der Waals surface area (Å²) in [6.07, 6.45) is 0. The van der Waals surface area contributed by atoms with E-state index in [-0.39, 0.29) is 6.04 Å². The number of halogens is 1. The summed E-state index contributed by atoms with van der Waals surface area (Å²) in [6, 6.07) is 7.89. The number of hydrogen-bond donors (Lipinski definition) is 2. The van der Waals surface area contributed by atoms with Crippen molar-refractivity contribution in [3.05, 3.63) is 47.0 Å². The van der Waals surface area contributed by atoms with Crippen LogP contribution in [0.3, 0.4) is 0 Å². The second kappa shape index (κ2) is 5.91. The molecule has 15 heavy (non-hydrogen) atoms. The predicted molar refractivity (Wildman–Crippen MR) is 66.1 cm³/mol. The van der Waals surface area contributed by atoms with E-state index < -0.39 is 0 Å². The monoisotopic (exact) mass is 224 g/mol. The van der Waals surface area contributed by atoms with Gasteiger partial charge in [0.15, 0.2) is 0 Å². The fourth-order valence-electron chi connectivity index (χ4n) is 1.36. The minimum absolute atomic E-state index is 0.139. The lowest BCUT2D eigenvalue weighted by atomic mass is 10.1. The molecule has 2 nitrogen and oxygen atoms in total. The second-order valence-corrected chi connectivity index (χ2v) is 4.12. The summed E-state index contributed by atoms with van der Waals surface area (Å²) in [5, 5.41) is 4.07. The van der Waals surface area contributed by atoms with E-state index >= 15 is 0 Å². The molecule has 1 aromatic carbocycles. The van der Waals surface area contributed by atoms with Crippen LogP contribution in [0, 0.1) is 0 Å². The Balaban J connectivity index is 2.69. The lowest BCUT2D eigenvalue weighted by Crippen LogP contribution is -2.29. The maximum atomic E-state index is 5.92. The summed E-state index contributed by atoms with van der Waals surface area (Å²) in [6.45, 7) is 7.15. The number of nitrogens with one attached hydrogen (secondary N) is 1. The summed E-state index contributed by atoms with van der Waals surface area (Å²) in [5.74, 6) is 0. The van der Waals surface area contributed by atoms with Gasteiger partial charge in [0.25, 0.3) is 0 Å². The number of hydrogen-bond acceptors (Lipinski definition) is 2. The van der Waals surface area contributed by atoms with Crippen molar-refractivity contribution in [1.29, 1.82) is 0 Å². The molecular formula is C12H17ClN2. The van der Waals surface area contributed by atoms with E-state index in [2.05, 4.69) is 11.9 Å². The van der Waals surface area contributed by atoms with Gasteiger partial charge >= 0.3 is 0 Å². The lowest BCUT2D eigenvalue weighted by Gasteiger charge is -2.17. The molecule has 82 valence electrons. The van der Waals surface area contributed by atoms with Crippen LogP contribution in [0.4, 0.5) is 0 Å². The topological polar surface area (TPSA) is 38.0 Å². The third kappa shape index (κ3) is 4.04. The van der Waals surface area contributed by atoms with Gasteiger partial charge in [-0.1, -0.05) is 35.9 Å². The van der Waals surface area contributed by atoms with Gasteiger partial charge in [-0.25, -0.2) is 0 Å². The van der Waals surface area contributed by atoms with Crippen LogP contribution >= 0.6 is 11.6 Å². The predicted octanol–water partition coefficient (Wildman–Crippen LogP) is 2.51. The van der Waals surface area contributed by atoms with E-state index in [1.165, 1.54) is 0 Å². The van der Waals surface area contributed by atoms with Crippen molar-refractivity contribution in [2.45, 2.75) is 13.0 Å². The molecule has 1 atom stereocenters. The first kappa shape index (κ1) is 12.2. The van der Waals surface area contributed by atoms with E-state index in [9.17, 15) is 0 Å². The molecule has 3 heteroatoms. The summed E-state index contributed by atoms with van der Waals surface area (Å²) in [7, 11) is 0. The van der Waals surface area contributed by atoms with Crippen LogP contribution in [-0.4, -0.2) is 13.1 Å². The zero-order valence-electron chi connectivity index (χ0n) is 8.96. The SMILES string of the molecule is C=C(C)CNC(CN)c1cccc(Cl)c1. The molecule has 0 bridgehead atoms. The average Bonchev–Trinajstić information content (AvgIpc) is 2.18. The Bertz CT molecular complexity index is 336. The molecule has 0 aliphatic carbocycles. The Hall–Kier alpha value is -0.830. The van der Waals surface area contributed by atoms with Gasteiger partial charge in [-0.15, -0.1) is 0 Å². The minimum Gasteiger partial charge on any atom is -0.329 e. The maximum absolute atomic E-state index is 5.92. The molecule has 3 N–H and O–H groups in total. The molecule has 1 aromatic rings. The van der Waals surface area contributed by atoms with Crippen molar-refractivity contribution >= 4 is 11.6 Å². The standard InChI is InChI=1S/C12H17ClN2/c1-9(2)8-15-12(7-14)10-4-3-5-11(13)6-10/h3-6,12,15H,1,7-8,14H2,2H3. The van der Waals surface area contributed by atoms with E-state index in [0.29, 0.717) is 6.54 Å². The second-order valence-electron chi connectivity index (χ2n) is 3.68. The Morgan fingerprint density at radius 2 is 2.33 bits per heavy atom. The van der Waals surface area contributed by atoms with Crippen molar-refractivity contribution in [3.63, 3.8) is 0 Å². The summed E-state index contributed by atoms with van der Waals surface area (Å²) >= 11 is 5.92. The van der Waals surface area contributed by atoms with E-state index in [1.807, 2.05) is 31.2 Å². The van der Waals surface area contributed by atoms with Gasteiger partial charge in [0.2, 0.25) is 0 Å². The van der Waals surface area contributed by atoms with E-state index in [1.54, 1.807) is 0 Å². The Morgan fingerprint density at radius 3 is 2.87 bits per heavy atom. The molecule has 0 amide bonds. The summed E-state index contributed by atoms with van der Waals surface area (Å²) < 4.78 is 0.